The predicted molar refractivity (Wildman–Crippen MR) is 85.9 cm³/mol. The van der Waals surface area contributed by atoms with Crippen LogP contribution in [0.2, 0.25) is 0 Å². The third kappa shape index (κ3) is 2.58. The van der Waals surface area contributed by atoms with E-state index in [9.17, 15) is 9.59 Å². The van der Waals surface area contributed by atoms with Crippen LogP contribution < -0.4 is 5.32 Å². The van der Waals surface area contributed by atoms with Gasteiger partial charge < -0.3 is 5.32 Å². The van der Waals surface area contributed by atoms with Crippen molar-refractivity contribution in [2.45, 2.75) is 20.4 Å². The van der Waals surface area contributed by atoms with Gasteiger partial charge in [-0.15, -0.1) is 0 Å². The molecule has 1 aliphatic rings. The van der Waals surface area contributed by atoms with Crippen molar-refractivity contribution in [1.29, 1.82) is 0 Å². The van der Waals surface area contributed by atoms with Gasteiger partial charge in [-0.2, -0.15) is 0 Å². The third-order valence-corrected chi connectivity index (χ3v) is 3.92. The molecule has 0 aliphatic heterocycles. The van der Waals surface area contributed by atoms with E-state index in [-0.39, 0.29) is 11.6 Å². The van der Waals surface area contributed by atoms with Crippen LogP contribution in [0.1, 0.15) is 37.4 Å². The number of hydrogen-bond donors (Lipinski definition) is 1. The number of Topliss-reactive ketones (excluding diaryl/α,β-unsaturated/α-hetero) is 1. The van der Waals surface area contributed by atoms with Crippen molar-refractivity contribution in [3.8, 4) is 0 Å². The highest BCUT2D eigenvalue weighted by Gasteiger charge is 2.24. The van der Waals surface area contributed by atoms with Crippen molar-refractivity contribution in [3.63, 3.8) is 0 Å². The van der Waals surface area contributed by atoms with E-state index in [2.05, 4.69) is 11.4 Å². The van der Waals surface area contributed by atoms with Gasteiger partial charge in [0, 0.05) is 23.7 Å². The van der Waals surface area contributed by atoms with Crippen molar-refractivity contribution in [2.24, 2.45) is 0 Å². The normalized spacial score (nSPS) is 13.6. The molecule has 1 aliphatic carbocycles. The molecule has 0 bridgehead atoms. The summed E-state index contributed by atoms with van der Waals surface area (Å²) in [6.45, 7) is 4.62. The second-order valence-corrected chi connectivity index (χ2v) is 5.58. The fourth-order valence-corrected chi connectivity index (χ4v) is 2.68. The number of rotatable bonds is 3. The molecule has 0 saturated heterocycles. The zero-order valence-corrected chi connectivity index (χ0v) is 12.6. The molecule has 0 amide bonds. The summed E-state index contributed by atoms with van der Waals surface area (Å²) in [5.41, 5.74) is 4.80. The third-order valence-electron chi connectivity index (χ3n) is 3.92. The summed E-state index contributed by atoms with van der Waals surface area (Å²) in [4.78, 5) is 24.5. The molecule has 0 aromatic heterocycles. The van der Waals surface area contributed by atoms with Gasteiger partial charge in [0.25, 0.3) is 0 Å². The van der Waals surface area contributed by atoms with E-state index < -0.39 is 0 Å². The maximum atomic E-state index is 12.4. The van der Waals surface area contributed by atoms with Crippen molar-refractivity contribution in [1.82, 2.24) is 5.32 Å². The Morgan fingerprint density at radius 2 is 1.68 bits per heavy atom. The first kappa shape index (κ1) is 14.3. The molecule has 0 fully saturated rings. The quantitative estimate of drug-likeness (QED) is 0.943. The van der Waals surface area contributed by atoms with Gasteiger partial charge in [0.05, 0.1) is 5.70 Å². The standard InChI is InChI=1S/C19H17NO2/c1-12-7-8-14(13(2)9-12)11-20-17-10-18(21)15-5-3-4-6-16(15)19(17)22/h3-10,20H,11H2,1-2H3. The molecule has 1 N–H and O–H groups in total. The summed E-state index contributed by atoms with van der Waals surface area (Å²) >= 11 is 0. The number of fused-ring (bicyclic) bond motifs is 1. The van der Waals surface area contributed by atoms with Crippen molar-refractivity contribution in [3.05, 3.63) is 82.1 Å². The Bertz CT molecular complexity index is 803. The Kier molecular flexibility index (Phi) is 3.63. The number of hydrogen-bond acceptors (Lipinski definition) is 3. The Labute approximate surface area is 129 Å². The maximum Gasteiger partial charge on any atom is 0.209 e. The molecule has 0 radical (unpaired) electrons. The largest absolute Gasteiger partial charge is 0.378 e. The molecule has 2 aromatic carbocycles. The molecule has 0 saturated carbocycles. The Morgan fingerprint density at radius 1 is 0.955 bits per heavy atom. The molecule has 0 atom stereocenters. The molecule has 3 nitrogen and oxygen atoms in total. The van der Waals surface area contributed by atoms with Gasteiger partial charge in [-0.25, -0.2) is 0 Å². The first-order valence-electron chi connectivity index (χ1n) is 7.26. The molecule has 110 valence electrons. The SMILES string of the molecule is Cc1ccc(CNC2=CC(=O)c3ccccc3C2=O)c(C)c1. The number of ketones is 2. The van der Waals surface area contributed by atoms with Crippen LogP contribution in [0.5, 0.6) is 0 Å². The zero-order valence-electron chi connectivity index (χ0n) is 12.6. The molecule has 0 spiro atoms. The minimum atomic E-state index is -0.127. The minimum absolute atomic E-state index is 0.125. The van der Waals surface area contributed by atoms with Gasteiger partial charge in [0.1, 0.15) is 0 Å². The summed E-state index contributed by atoms with van der Waals surface area (Å²) in [5, 5.41) is 3.11. The lowest BCUT2D eigenvalue weighted by atomic mass is 9.92. The number of aryl methyl sites for hydroxylation is 2. The number of carbonyl (C=O) groups is 2. The lowest BCUT2D eigenvalue weighted by Gasteiger charge is -2.17. The summed E-state index contributed by atoms with van der Waals surface area (Å²) in [5.74, 6) is -0.252. The maximum absolute atomic E-state index is 12.4. The van der Waals surface area contributed by atoms with Crippen molar-refractivity contribution < 1.29 is 9.59 Å². The van der Waals surface area contributed by atoms with Crippen LogP contribution >= 0.6 is 0 Å². The minimum Gasteiger partial charge on any atom is -0.378 e. The molecule has 0 heterocycles. The first-order chi connectivity index (χ1) is 10.6. The zero-order chi connectivity index (χ0) is 15.7. The molecule has 3 rings (SSSR count). The first-order valence-corrected chi connectivity index (χ1v) is 7.26. The molecule has 2 aromatic rings. The number of carbonyl (C=O) groups excluding carboxylic acids is 2. The Morgan fingerprint density at radius 3 is 2.41 bits per heavy atom. The highest BCUT2D eigenvalue weighted by atomic mass is 16.1. The van der Waals surface area contributed by atoms with Crippen LogP contribution in [-0.4, -0.2) is 11.6 Å². The highest BCUT2D eigenvalue weighted by molar-refractivity contribution is 6.24. The van der Waals surface area contributed by atoms with E-state index in [0.29, 0.717) is 23.4 Å². The Balaban J connectivity index is 1.82. The van der Waals surface area contributed by atoms with Crippen LogP contribution in [0.3, 0.4) is 0 Å². The van der Waals surface area contributed by atoms with Crippen LogP contribution in [0.15, 0.2) is 54.2 Å². The van der Waals surface area contributed by atoms with Crippen LogP contribution in [0, 0.1) is 13.8 Å². The van der Waals surface area contributed by atoms with Gasteiger partial charge in [0.15, 0.2) is 5.78 Å². The lowest BCUT2D eigenvalue weighted by molar-refractivity contribution is 0.0978. The lowest BCUT2D eigenvalue weighted by Crippen LogP contribution is -2.26. The topological polar surface area (TPSA) is 46.2 Å². The van der Waals surface area contributed by atoms with Crippen molar-refractivity contribution >= 4 is 11.6 Å². The smallest absolute Gasteiger partial charge is 0.209 e. The highest BCUT2D eigenvalue weighted by Crippen LogP contribution is 2.20. The monoisotopic (exact) mass is 291 g/mol. The van der Waals surface area contributed by atoms with Gasteiger partial charge in [-0.3, -0.25) is 9.59 Å². The van der Waals surface area contributed by atoms with E-state index in [1.165, 1.54) is 17.2 Å². The molecule has 22 heavy (non-hydrogen) atoms. The van der Waals surface area contributed by atoms with Crippen LogP contribution in [0.25, 0.3) is 0 Å². The average molecular weight is 291 g/mol. The van der Waals surface area contributed by atoms with Gasteiger partial charge in [-0.05, 0) is 25.0 Å². The predicted octanol–water partition coefficient (Wildman–Crippen LogP) is 3.36. The van der Waals surface area contributed by atoms with E-state index in [1.54, 1.807) is 24.3 Å². The van der Waals surface area contributed by atoms with Gasteiger partial charge in [0.2, 0.25) is 5.78 Å². The van der Waals surface area contributed by atoms with E-state index in [0.717, 1.165) is 5.56 Å². The molecular formula is C19H17NO2. The van der Waals surface area contributed by atoms with Crippen LogP contribution in [0.4, 0.5) is 0 Å². The molecule has 3 heteroatoms. The number of nitrogens with one attached hydrogen (secondary N) is 1. The summed E-state index contributed by atoms with van der Waals surface area (Å²) in [6, 6.07) is 13.1. The fourth-order valence-electron chi connectivity index (χ4n) is 2.68. The average Bonchev–Trinajstić information content (AvgIpc) is 2.51. The summed E-state index contributed by atoms with van der Waals surface area (Å²) in [7, 11) is 0. The van der Waals surface area contributed by atoms with E-state index in [4.69, 9.17) is 0 Å². The van der Waals surface area contributed by atoms with Gasteiger partial charge in [-0.1, -0.05) is 48.0 Å². The molecular weight excluding hydrogens is 274 g/mol. The summed E-state index contributed by atoms with van der Waals surface area (Å²) in [6.07, 6.45) is 1.40. The Hall–Kier alpha value is -2.68. The summed E-state index contributed by atoms with van der Waals surface area (Å²) < 4.78 is 0. The fraction of sp³-hybridized carbons (Fsp3) is 0.158. The number of benzene rings is 2. The second kappa shape index (κ2) is 5.60. The van der Waals surface area contributed by atoms with Crippen LogP contribution in [-0.2, 0) is 6.54 Å². The van der Waals surface area contributed by atoms with E-state index in [1.807, 2.05) is 26.0 Å². The van der Waals surface area contributed by atoms with E-state index >= 15 is 0 Å². The van der Waals surface area contributed by atoms with Gasteiger partial charge >= 0.3 is 0 Å². The van der Waals surface area contributed by atoms with Crippen molar-refractivity contribution in [2.75, 3.05) is 0 Å². The molecule has 0 unspecified atom stereocenters. The number of allylic oxidation sites excluding steroid dienone is 2. The second-order valence-electron chi connectivity index (χ2n) is 5.58.